The van der Waals surface area contributed by atoms with Gasteiger partial charge in [-0.25, -0.2) is 9.18 Å². The van der Waals surface area contributed by atoms with Gasteiger partial charge in [0.2, 0.25) is 0 Å². The van der Waals surface area contributed by atoms with Crippen LogP contribution >= 0.6 is 11.3 Å². The van der Waals surface area contributed by atoms with Gasteiger partial charge in [-0.1, -0.05) is 31.0 Å². The first-order valence-electron chi connectivity index (χ1n) is 9.09. The molecule has 0 aliphatic carbocycles. The number of hydrogen-bond donors (Lipinski definition) is 0. The number of thiophene rings is 1. The van der Waals surface area contributed by atoms with Crippen LogP contribution in [0.3, 0.4) is 0 Å². The van der Waals surface area contributed by atoms with E-state index in [1.807, 2.05) is 17.5 Å². The van der Waals surface area contributed by atoms with E-state index in [1.54, 1.807) is 23.1 Å². The summed E-state index contributed by atoms with van der Waals surface area (Å²) >= 11 is 1.41. The number of hydrogen-bond acceptors (Lipinski definition) is 4. The third-order valence-corrected chi connectivity index (χ3v) is 5.38. The van der Waals surface area contributed by atoms with E-state index in [0.29, 0.717) is 11.1 Å². The predicted octanol–water partition coefficient (Wildman–Crippen LogP) is 4.37. The number of benzene rings is 1. The molecule has 1 aromatic heterocycles. The number of esters is 1. The highest BCUT2D eigenvalue weighted by molar-refractivity contribution is 7.11. The van der Waals surface area contributed by atoms with Crippen LogP contribution in [-0.2, 0) is 14.3 Å². The van der Waals surface area contributed by atoms with E-state index < -0.39 is 5.97 Å². The quantitative estimate of drug-likeness (QED) is 0.565. The minimum Gasteiger partial charge on any atom is -0.452 e. The first-order valence-corrected chi connectivity index (χ1v) is 9.97. The van der Waals surface area contributed by atoms with Gasteiger partial charge in [0.1, 0.15) is 5.82 Å². The molecule has 1 aliphatic rings. The standard InChI is InChI=1S/C21H22FNO3S/c22-17-9-7-16(8-10-17)14-18(19-6-5-13-27-19)21(25)26-15-20(24)23-11-3-1-2-4-12-23/h5-10,13-14H,1-4,11-12,15H2/b18-14+. The van der Waals surface area contributed by atoms with Gasteiger partial charge in [-0.3, -0.25) is 4.79 Å². The van der Waals surface area contributed by atoms with Crippen LogP contribution < -0.4 is 0 Å². The summed E-state index contributed by atoms with van der Waals surface area (Å²) in [5.74, 6) is -1.04. The Hall–Kier alpha value is -2.47. The van der Waals surface area contributed by atoms with Gasteiger partial charge >= 0.3 is 5.97 Å². The molecule has 1 aliphatic heterocycles. The number of halogens is 1. The number of rotatable bonds is 5. The molecule has 4 nitrogen and oxygen atoms in total. The fourth-order valence-corrected chi connectivity index (χ4v) is 3.73. The van der Waals surface area contributed by atoms with E-state index in [2.05, 4.69) is 0 Å². The van der Waals surface area contributed by atoms with Crippen LogP contribution in [0.25, 0.3) is 11.6 Å². The molecule has 1 saturated heterocycles. The lowest BCUT2D eigenvalue weighted by atomic mass is 10.1. The Kier molecular flexibility index (Phi) is 6.76. The zero-order valence-corrected chi connectivity index (χ0v) is 15.8. The molecular formula is C21H22FNO3S. The molecule has 0 N–H and O–H groups in total. The lowest BCUT2D eigenvalue weighted by molar-refractivity contribution is -0.147. The highest BCUT2D eigenvalue weighted by atomic mass is 32.1. The minimum absolute atomic E-state index is 0.155. The summed E-state index contributed by atoms with van der Waals surface area (Å²) in [5, 5.41) is 1.86. The van der Waals surface area contributed by atoms with E-state index in [9.17, 15) is 14.0 Å². The lowest BCUT2D eigenvalue weighted by Crippen LogP contribution is -2.35. The first-order chi connectivity index (χ1) is 13.1. The number of likely N-dealkylation sites (tertiary alicyclic amines) is 1. The minimum atomic E-state index is -0.551. The molecule has 1 fully saturated rings. The maximum absolute atomic E-state index is 13.1. The van der Waals surface area contributed by atoms with Crippen molar-refractivity contribution >= 4 is 34.9 Å². The summed E-state index contributed by atoms with van der Waals surface area (Å²) in [6.45, 7) is 1.18. The van der Waals surface area contributed by atoms with E-state index in [-0.39, 0.29) is 18.3 Å². The van der Waals surface area contributed by atoms with Crippen LogP contribution in [0.2, 0.25) is 0 Å². The summed E-state index contributed by atoms with van der Waals surface area (Å²) in [6.07, 6.45) is 5.90. The van der Waals surface area contributed by atoms with Crippen LogP contribution in [-0.4, -0.2) is 36.5 Å². The summed E-state index contributed by atoms with van der Waals surface area (Å²) in [4.78, 5) is 27.5. The zero-order valence-electron chi connectivity index (χ0n) is 15.0. The lowest BCUT2D eigenvalue weighted by Gasteiger charge is -2.20. The Morgan fingerprint density at radius 2 is 1.78 bits per heavy atom. The van der Waals surface area contributed by atoms with Crippen molar-refractivity contribution in [3.63, 3.8) is 0 Å². The molecule has 1 amide bonds. The van der Waals surface area contributed by atoms with Gasteiger partial charge in [-0.15, -0.1) is 11.3 Å². The molecule has 142 valence electrons. The molecule has 2 aromatic rings. The van der Waals surface area contributed by atoms with Crippen molar-refractivity contribution in [1.82, 2.24) is 4.90 Å². The monoisotopic (exact) mass is 387 g/mol. The molecule has 1 aromatic carbocycles. The van der Waals surface area contributed by atoms with Gasteiger partial charge in [0.25, 0.3) is 5.91 Å². The number of carbonyl (C=O) groups excluding carboxylic acids is 2. The molecule has 0 atom stereocenters. The van der Waals surface area contributed by atoms with Gasteiger partial charge in [-0.05, 0) is 48.1 Å². The van der Waals surface area contributed by atoms with Gasteiger partial charge < -0.3 is 9.64 Å². The van der Waals surface area contributed by atoms with Crippen molar-refractivity contribution < 1.29 is 18.7 Å². The fraction of sp³-hybridized carbons (Fsp3) is 0.333. The van der Waals surface area contributed by atoms with Crippen molar-refractivity contribution in [3.8, 4) is 0 Å². The van der Waals surface area contributed by atoms with E-state index >= 15 is 0 Å². The molecule has 27 heavy (non-hydrogen) atoms. The second kappa shape index (κ2) is 9.46. The number of carbonyl (C=O) groups is 2. The summed E-state index contributed by atoms with van der Waals surface area (Å²) in [7, 11) is 0. The maximum atomic E-state index is 13.1. The third-order valence-electron chi connectivity index (χ3n) is 4.47. The molecule has 0 spiro atoms. The fourth-order valence-electron chi connectivity index (χ4n) is 3.00. The number of amides is 1. The summed E-state index contributed by atoms with van der Waals surface area (Å²) < 4.78 is 18.4. The van der Waals surface area contributed by atoms with Crippen molar-refractivity contribution in [3.05, 3.63) is 58.0 Å². The van der Waals surface area contributed by atoms with E-state index in [4.69, 9.17) is 4.74 Å². The molecule has 0 unspecified atom stereocenters. The molecule has 2 heterocycles. The van der Waals surface area contributed by atoms with Gasteiger partial charge in [0.15, 0.2) is 6.61 Å². The molecule has 3 rings (SSSR count). The molecule has 0 saturated carbocycles. The molecule has 6 heteroatoms. The topological polar surface area (TPSA) is 46.6 Å². The van der Waals surface area contributed by atoms with Crippen molar-refractivity contribution in [2.75, 3.05) is 19.7 Å². The number of nitrogens with zero attached hydrogens (tertiary/aromatic N) is 1. The molecular weight excluding hydrogens is 365 g/mol. The predicted molar refractivity (Wildman–Crippen MR) is 105 cm³/mol. The average Bonchev–Trinajstić information content (AvgIpc) is 3.06. The normalized spacial score (nSPS) is 15.3. The van der Waals surface area contributed by atoms with E-state index in [0.717, 1.165) is 43.6 Å². The largest absolute Gasteiger partial charge is 0.452 e. The van der Waals surface area contributed by atoms with Crippen LogP contribution in [0.1, 0.15) is 36.1 Å². The van der Waals surface area contributed by atoms with Crippen LogP contribution in [0, 0.1) is 5.82 Å². The SMILES string of the molecule is O=C(OCC(=O)N1CCCCCC1)/C(=C/c1ccc(F)cc1)c1cccs1. The highest BCUT2D eigenvalue weighted by Gasteiger charge is 2.20. The Labute approximate surface area is 162 Å². The third kappa shape index (κ3) is 5.50. The average molecular weight is 387 g/mol. The van der Waals surface area contributed by atoms with Gasteiger partial charge in [0, 0.05) is 18.0 Å². The van der Waals surface area contributed by atoms with Crippen molar-refractivity contribution in [1.29, 1.82) is 0 Å². The Balaban J connectivity index is 1.70. The van der Waals surface area contributed by atoms with E-state index in [1.165, 1.54) is 23.5 Å². The Morgan fingerprint density at radius 1 is 1.07 bits per heavy atom. The smallest absolute Gasteiger partial charge is 0.340 e. The summed E-state index contributed by atoms with van der Waals surface area (Å²) in [5.41, 5.74) is 1.05. The second-order valence-corrected chi connectivity index (χ2v) is 7.41. The van der Waals surface area contributed by atoms with Crippen molar-refractivity contribution in [2.24, 2.45) is 0 Å². The Morgan fingerprint density at radius 3 is 2.41 bits per heavy atom. The maximum Gasteiger partial charge on any atom is 0.340 e. The van der Waals surface area contributed by atoms with Gasteiger partial charge in [0.05, 0.1) is 5.57 Å². The Bertz CT molecular complexity index is 791. The summed E-state index contributed by atoms with van der Waals surface area (Å²) in [6, 6.07) is 9.53. The van der Waals surface area contributed by atoms with Crippen LogP contribution in [0.4, 0.5) is 4.39 Å². The second-order valence-electron chi connectivity index (χ2n) is 6.46. The zero-order chi connectivity index (χ0) is 19.1. The van der Waals surface area contributed by atoms with Gasteiger partial charge in [-0.2, -0.15) is 0 Å². The van der Waals surface area contributed by atoms with Crippen molar-refractivity contribution in [2.45, 2.75) is 25.7 Å². The van der Waals surface area contributed by atoms with Crippen LogP contribution in [0.5, 0.6) is 0 Å². The first kappa shape index (κ1) is 19.3. The van der Waals surface area contributed by atoms with Crippen LogP contribution in [0.15, 0.2) is 41.8 Å². The number of ether oxygens (including phenoxy) is 1. The molecule has 0 radical (unpaired) electrons. The highest BCUT2D eigenvalue weighted by Crippen LogP contribution is 2.24. The molecule has 0 bridgehead atoms.